The number of aryl methyl sites for hydroxylation is 1. The molecule has 0 aliphatic carbocycles. The second-order valence-corrected chi connectivity index (χ2v) is 8.05. The second-order valence-electron chi connectivity index (χ2n) is 6.76. The number of hydrogen-bond acceptors (Lipinski definition) is 4. The van der Waals surface area contributed by atoms with Crippen molar-refractivity contribution in [2.24, 2.45) is 11.1 Å². The quantitative estimate of drug-likeness (QED) is 0.792. The Kier molecular flexibility index (Phi) is 9.66. The topological polar surface area (TPSA) is 68.0 Å². The third kappa shape index (κ3) is 6.59. The Balaban J connectivity index is 0.00000288. The molecule has 0 unspecified atom stereocenters. The van der Waals surface area contributed by atoms with E-state index in [1.165, 1.54) is 4.88 Å². The molecule has 0 aliphatic rings. The first-order chi connectivity index (χ1) is 10.8. The van der Waals surface area contributed by atoms with Gasteiger partial charge >= 0.3 is 0 Å². The largest absolute Gasteiger partial charge is 0.354 e. The van der Waals surface area contributed by atoms with E-state index < -0.39 is 6.04 Å². The average Bonchev–Trinajstić information content (AvgIpc) is 2.87. The van der Waals surface area contributed by atoms with Gasteiger partial charge in [0.15, 0.2) is 0 Å². The summed E-state index contributed by atoms with van der Waals surface area (Å²) in [6.07, 6.45) is 0.723. The number of hydrogen-bond donors (Lipinski definition) is 2. The van der Waals surface area contributed by atoms with E-state index >= 15 is 0 Å². The normalized spacial score (nSPS) is 11.9. The van der Waals surface area contributed by atoms with Crippen LogP contribution >= 0.6 is 36.2 Å². The fourth-order valence-electron chi connectivity index (χ4n) is 2.22. The smallest absolute Gasteiger partial charge is 0.237 e. The number of aromatic nitrogens is 1. The van der Waals surface area contributed by atoms with E-state index in [9.17, 15) is 4.79 Å². The molecule has 1 atom stereocenters. The molecule has 7 heteroatoms. The van der Waals surface area contributed by atoms with Crippen LogP contribution in [-0.4, -0.2) is 23.5 Å². The maximum Gasteiger partial charge on any atom is 0.237 e. The summed E-state index contributed by atoms with van der Waals surface area (Å²) < 4.78 is 0. The Morgan fingerprint density at radius 2 is 1.84 bits per heavy atom. The SMILES string of the molecule is Cc1sc(CCNC(=O)[C@@H](N)C(C)(C)C)nc1-c1ccccc1.Cl.Cl. The summed E-state index contributed by atoms with van der Waals surface area (Å²) in [4.78, 5) is 17.9. The highest BCUT2D eigenvalue weighted by atomic mass is 35.5. The van der Waals surface area contributed by atoms with Gasteiger partial charge in [-0.2, -0.15) is 0 Å². The minimum atomic E-state index is -0.500. The monoisotopic (exact) mass is 403 g/mol. The van der Waals surface area contributed by atoms with Crippen molar-refractivity contribution in [2.75, 3.05) is 6.54 Å². The minimum absolute atomic E-state index is 0. The molecule has 1 heterocycles. The van der Waals surface area contributed by atoms with Gasteiger partial charge in [0, 0.05) is 23.4 Å². The molecule has 0 radical (unpaired) electrons. The minimum Gasteiger partial charge on any atom is -0.354 e. The van der Waals surface area contributed by atoms with Crippen LogP contribution in [0.5, 0.6) is 0 Å². The molecule has 1 amide bonds. The van der Waals surface area contributed by atoms with Gasteiger partial charge < -0.3 is 11.1 Å². The molecule has 0 bridgehead atoms. The van der Waals surface area contributed by atoms with Crippen LogP contribution in [0.4, 0.5) is 0 Å². The first kappa shape index (κ1) is 23.9. The van der Waals surface area contributed by atoms with Crippen molar-refractivity contribution in [2.45, 2.75) is 40.2 Å². The van der Waals surface area contributed by atoms with E-state index in [1.54, 1.807) is 11.3 Å². The predicted octanol–water partition coefficient (Wildman–Crippen LogP) is 3.99. The standard InChI is InChI=1S/C18H25N3OS.2ClH/c1-12-15(13-8-6-5-7-9-13)21-14(23-12)10-11-20-17(22)16(19)18(2,3)4;;/h5-9,16H,10-11,19H2,1-4H3,(H,20,22);2*1H/t16-;;/m1../s1. The van der Waals surface area contributed by atoms with Crippen molar-refractivity contribution in [3.63, 3.8) is 0 Å². The number of carbonyl (C=O) groups excluding carboxylic acids is 1. The molecule has 1 aromatic heterocycles. The summed E-state index contributed by atoms with van der Waals surface area (Å²) in [5.74, 6) is -0.103. The van der Waals surface area contributed by atoms with Gasteiger partial charge in [-0.05, 0) is 12.3 Å². The van der Waals surface area contributed by atoms with Gasteiger partial charge in [-0.15, -0.1) is 36.2 Å². The lowest BCUT2D eigenvalue weighted by Crippen LogP contribution is -2.48. The summed E-state index contributed by atoms with van der Waals surface area (Å²) in [7, 11) is 0. The Hall–Kier alpha value is -1.14. The van der Waals surface area contributed by atoms with Gasteiger partial charge in [0.25, 0.3) is 0 Å². The molecule has 2 aromatic rings. The van der Waals surface area contributed by atoms with E-state index in [0.717, 1.165) is 22.7 Å². The number of amides is 1. The van der Waals surface area contributed by atoms with E-state index in [4.69, 9.17) is 10.7 Å². The number of nitrogens with two attached hydrogens (primary N) is 1. The zero-order chi connectivity index (χ0) is 17.0. The van der Waals surface area contributed by atoms with E-state index in [2.05, 4.69) is 24.4 Å². The molecular weight excluding hydrogens is 377 g/mol. The van der Waals surface area contributed by atoms with Gasteiger partial charge in [0.2, 0.25) is 5.91 Å². The van der Waals surface area contributed by atoms with Gasteiger partial charge in [-0.1, -0.05) is 51.1 Å². The molecule has 0 saturated carbocycles. The van der Waals surface area contributed by atoms with Gasteiger partial charge in [0.05, 0.1) is 16.7 Å². The van der Waals surface area contributed by atoms with Crippen LogP contribution in [0, 0.1) is 12.3 Å². The Morgan fingerprint density at radius 3 is 2.40 bits per heavy atom. The molecule has 0 aliphatic heterocycles. The highest BCUT2D eigenvalue weighted by Gasteiger charge is 2.27. The third-order valence-corrected chi connectivity index (χ3v) is 4.77. The molecule has 140 valence electrons. The number of benzene rings is 1. The molecule has 0 spiro atoms. The van der Waals surface area contributed by atoms with Crippen LogP contribution < -0.4 is 11.1 Å². The number of thiazole rings is 1. The van der Waals surface area contributed by atoms with Gasteiger partial charge in [-0.3, -0.25) is 4.79 Å². The lowest BCUT2D eigenvalue weighted by atomic mass is 9.87. The van der Waals surface area contributed by atoms with Crippen molar-refractivity contribution in [1.82, 2.24) is 10.3 Å². The lowest BCUT2D eigenvalue weighted by molar-refractivity contribution is -0.124. The molecular formula is C18H27Cl2N3OS. The summed E-state index contributed by atoms with van der Waals surface area (Å²) in [6, 6.07) is 9.66. The number of rotatable bonds is 5. The zero-order valence-electron chi connectivity index (χ0n) is 15.0. The fourth-order valence-corrected chi connectivity index (χ4v) is 3.17. The van der Waals surface area contributed by atoms with Crippen molar-refractivity contribution in [1.29, 1.82) is 0 Å². The first-order valence-corrected chi connectivity index (χ1v) is 8.65. The molecule has 0 fully saturated rings. The third-order valence-electron chi connectivity index (χ3n) is 3.74. The number of halogens is 2. The molecule has 1 aromatic carbocycles. The molecule has 0 saturated heterocycles. The van der Waals surface area contributed by atoms with Crippen molar-refractivity contribution < 1.29 is 4.79 Å². The lowest BCUT2D eigenvalue weighted by Gasteiger charge is -2.25. The van der Waals surface area contributed by atoms with Gasteiger partial charge in [0.1, 0.15) is 0 Å². The number of nitrogens with one attached hydrogen (secondary N) is 1. The predicted molar refractivity (Wildman–Crippen MR) is 111 cm³/mol. The van der Waals surface area contributed by atoms with E-state index in [1.807, 2.05) is 39.0 Å². The van der Waals surface area contributed by atoms with Crippen LogP contribution in [0.2, 0.25) is 0 Å². The highest BCUT2D eigenvalue weighted by Crippen LogP contribution is 2.27. The molecule has 4 nitrogen and oxygen atoms in total. The van der Waals surface area contributed by atoms with Crippen molar-refractivity contribution >= 4 is 42.1 Å². The average molecular weight is 404 g/mol. The summed E-state index contributed by atoms with van der Waals surface area (Å²) in [6.45, 7) is 8.54. The maximum absolute atomic E-state index is 12.0. The summed E-state index contributed by atoms with van der Waals surface area (Å²) in [5, 5.41) is 3.94. The molecule has 25 heavy (non-hydrogen) atoms. The van der Waals surface area contributed by atoms with Crippen LogP contribution in [0.15, 0.2) is 30.3 Å². The van der Waals surface area contributed by atoms with Crippen LogP contribution in [0.25, 0.3) is 11.3 Å². The van der Waals surface area contributed by atoms with Crippen LogP contribution in [0.3, 0.4) is 0 Å². The van der Waals surface area contributed by atoms with E-state index in [0.29, 0.717) is 6.54 Å². The van der Waals surface area contributed by atoms with Crippen molar-refractivity contribution in [3.8, 4) is 11.3 Å². The highest BCUT2D eigenvalue weighted by molar-refractivity contribution is 7.12. The number of carbonyl (C=O) groups is 1. The second kappa shape index (κ2) is 10.1. The van der Waals surface area contributed by atoms with Gasteiger partial charge in [-0.25, -0.2) is 4.98 Å². The fraction of sp³-hybridized carbons (Fsp3) is 0.444. The first-order valence-electron chi connectivity index (χ1n) is 7.84. The Bertz CT molecular complexity index is 669. The van der Waals surface area contributed by atoms with Crippen molar-refractivity contribution in [3.05, 3.63) is 40.2 Å². The van der Waals surface area contributed by atoms with E-state index in [-0.39, 0.29) is 36.1 Å². The Morgan fingerprint density at radius 1 is 1.24 bits per heavy atom. The summed E-state index contributed by atoms with van der Waals surface area (Å²) in [5.41, 5.74) is 7.88. The maximum atomic E-state index is 12.0. The molecule has 3 N–H and O–H groups in total. The number of nitrogens with zero attached hydrogens (tertiary/aromatic N) is 1. The Labute approximate surface area is 166 Å². The summed E-state index contributed by atoms with van der Waals surface area (Å²) >= 11 is 1.68. The van der Waals surface area contributed by atoms with Crippen LogP contribution in [-0.2, 0) is 11.2 Å². The van der Waals surface area contributed by atoms with Crippen LogP contribution in [0.1, 0.15) is 30.7 Å². The molecule has 2 rings (SSSR count). The zero-order valence-corrected chi connectivity index (χ0v) is 17.5.